The first-order chi connectivity index (χ1) is 9.19. The summed E-state index contributed by atoms with van der Waals surface area (Å²) in [6.45, 7) is 6.46. The van der Waals surface area contributed by atoms with Crippen molar-refractivity contribution >= 4 is 23.2 Å². The van der Waals surface area contributed by atoms with Gasteiger partial charge in [-0.3, -0.25) is 4.90 Å². The highest BCUT2D eigenvalue weighted by molar-refractivity contribution is 6.33. The maximum atomic E-state index is 6.25. The highest BCUT2D eigenvalue weighted by Gasteiger charge is 2.17. The highest BCUT2D eigenvalue weighted by Crippen LogP contribution is 2.22. The molecule has 1 fully saturated rings. The van der Waals surface area contributed by atoms with Crippen molar-refractivity contribution in [1.29, 1.82) is 0 Å². The summed E-state index contributed by atoms with van der Waals surface area (Å²) in [5, 5.41) is 5.20. The summed E-state index contributed by atoms with van der Waals surface area (Å²) >= 11 is 12.3. The van der Waals surface area contributed by atoms with E-state index in [9.17, 15) is 0 Å². The van der Waals surface area contributed by atoms with Crippen LogP contribution in [-0.4, -0.2) is 30.6 Å². The van der Waals surface area contributed by atoms with Crippen molar-refractivity contribution < 1.29 is 0 Å². The molecule has 0 aromatic heterocycles. The van der Waals surface area contributed by atoms with Gasteiger partial charge in [0.2, 0.25) is 0 Å². The van der Waals surface area contributed by atoms with Crippen molar-refractivity contribution in [3.05, 3.63) is 33.8 Å². The van der Waals surface area contributed by atoms with E-state index in [-0.39, 0.29) is 0 Å². The Morgan fingerprint density at radius 3 is 3.00 bits per heavy atom. The van der Waals surface area contributed by atoms with Gasteiger partial charge in [0.1, 0.15) is 0 Å². The van der Waals surface area contributed by atoms with Crippen molar-refractivity contribution in [2.45, 2.75) is 38.8 Å². The topological polar surface area (TPSA) is 15.3 Å². The lowest BCUT2D eigenvalue weighted by atomic mass is 10.1. The van der Waals surface area contributed by atoms with Gasteiger partial charge in [0.15, 0.2) is 0 Å². The number of nitrogens with zero attached hydrogens (tertiary/aromatic N) is 1. The van der Waals surface area contributed by atoms with Crippen LogP contribution >= 0.6 is 23.2 Å². The van der Waals surface area contributed by atoms with E-state index in [4.69, 9.17) is 23.2 Å². The van der Waals surface area contributed by atoms with Crippen LogP contribution in [0.1, 0.15) is 31.7 Å². The number of halogens is 2. The van der Waals surface area contributed by atoms with Crippen LogP contribution in [0, 0.1) is 0 Å². The average molecular weight is 301 g/mol. The molecule has 1 unspecified atom stereocenters. The fraction of sp³-hybridized carbons (Fsp3) is 0.600. The predicted molar refractivity (Wildman–Crippen MR) is 83.1 cm³/mol. The zero-order valence-electron chi connectivity index (χ0n) is 11.5. The highest BCUT2D eigenvalue weighted by atomic mass is 35.5. The Morgan fingerprint density at radius 1 is 1.37 bits per heavy atom. The van der Waals surface area contributed by atoms with Crippen LogP contribution < -0.4 is 5.32 Å². The molecule has 0 spiro atoms. The average Bonchev–Trinajstić information content (AvgIpc) is 2.60. The molecular formula is C15H22Cl2N2. The van der Waals surface area contributed by atoms with Crippen LogP contribution in [0.15, 0.2) is 18.2 Å². The van der Waals surface area contributed by atoms with Gasteiger partial charge in [-0.05, 0) is 49.7 Å². The van der Waals surface area contributed by atoms with E-state index in [1.165, 1.54) is 19.3 Å². The molecule has 1 atom stereocenters. The normalized spacial score (nSPS) is 21.3. The van der Waals surface area contributed by atoms with Crippen molar-refractivity contribution in [2.24, 2.45) is 0 Å². The fourth-order valence-electron chi connectivity index (χ4n) is 2.67. The van der Waals surface area contributed by atoms with Gasteiger partial charge >= 0.3 is 0 Å². The number of hydrogen-bond donors (Lipinski definition) is 1. The van der Waals surface area contributed by atoms with E-state index >= 15 is 0 Å². The quantitative estimate of drug-likeness (QED) is 0.905. The second-order valence-electron chi connectivity index (χ2n) is 5.26. The number of rotatable bonds is 4. The van der Waals surface area contributed by atoms with Crippen LogP contribution in [-0.2, 0) is 6.54 Å². The molecule has 1 aliphatic rings. The van der Waals surface area contributed by atoms with Crippen LogP contribution in [0.4, 0.5) is 0 Å². The second kappa shape index (κ2) is 7.49. The van der Waals surface area contributed by atoms with Crippen LogP contribution in [0.2, 0.25) is 10.0 Å². The van der Waals surface area contributed by atoms with Crippen LogP contribution in [0.3, 0.4) is 0 Å². The van der Waals surface area contributed by atoms with Crippen molar-refractivity contribution in [2.75, 3.05) is 19.6 Å². The summed E-state index contributed by atoms with van der Waals surface area (Å²) in [6.07, 6.45) is 3.65. The van der Waals surface area contributed by atoms with Crippen LogP contribution in [0.5, 0.6) is 0 Å². The fourth-order valence-corrected chi connectivity index (χ4v) is 3.04. The summed E-state index contributed by atoms with van der Waals surface area (Å²) in [4.78, 5) is 2.48. The summed E-state index contributed by atoms with van der Waals surface area (Å²) in [6, 6.07) is 6.32. The van der Waals surface area contributed by atoms with Gasteiger partial charge in [-0.15, -0.1) is 0 Å². The molecule has 2 nitrogen and oxygen atoms in total. The number of benzene rings is 1. The van der Waals surface area contributed by atoms with Gasteiger partial charge in [-0.2, -0.15) is 0 Å². The summed E-state index contributed by atoms with van der Waals surface area (Å²) < 4.78 is 0. The Balaban J connectivity index is 2.02. The minimum atomic E-state index is 0.602. The van der Waals surface area contributed by atoms with Gasteiger partial charge in [0.25, 0.3) is 0 Å². The van der Waals surface area contributed by atoms with E-state index in [0.29, 0.717) is 6.04 Å². The number of hydrogen-bond acceptors (Lipinski definition) is 2. The van der Waals surface area contributed by atoms with E-state index in [0.717, 1.165) is 41.8 Å². The third-order valence-corrected chi connectivity index (χ3v) is 4.21. The molecular weight excluding hydrogens is 279 g/mol. The third-order valence-electron chi connectivity index (χ3n) is 3.60. The van der Waals surface area contributed by atoms with E-state index in [1.54, 1.807) is 0 Å². The van der Waals surface area contributed by atoms with Gasteiger partial charge in [-0.25, -0.2) is 0 Å². The standard InChI is InChI=1S/C15H22Cl2N2/c1-2-4-14-11-19(8-3-7-18-14)10-12-9-13(16)5-6-15(12)17/h5-6,9,14,18H,2-4,7-8,10-11H2,1H3. The minimum absolute atomic E-state index is 0.602. The van der Waals surface area contributed by atoms with E-state index in [1.807, 2.05) is 18.2 Å². The Morgan fingerprint density at radius 2 is 2.21 bits per heavy atom. The second-order valence-corrected chi connectivity index (χ2v) is 6.11. The summed E-state index contributed by atoms with van der Waals surface area (Å²) in [5.41, 5.74) is 1.13. The monoisotopic (exact) mass is 300 g/mol. The molecule has 0 saturated carbocycles. The summed E-state index contributed by atoms with van der Waals surface area (Å²) in [7, 11) is 0. The SMILES string of the molecule is CCCC1CN(Cc2cc(Cl)ccc2Cl)CCCN1. The van der Waals surface area contributed by atoms with Gasteiger partial charge < -0.3 is 5.32 Å². The lowest BCUT2D eigenvalue weighted by Crippen LogP contribution is -2.37. The van der Waals surface area contributed by atoms with Crippen LogP contribution in [0.25, 0.3) is 0 Å². The Labute approximate surface area is 126 Å². The van der Waals surface area contributed by atoms with Gasteiger partial charge in [0, 0.05) is 29.2 Å². The van der Waals surface area contributed by atoms with Gasteiger partial charge in [0.05, 0.1) is 0 Å². The van der Waals surface area contributed by atoms with Crippen molar-refractivity contribution in [3.8, 4) is 0 Å². The predicted octanol–water partition coefficient (Wildman–Crippen LogP) is 3.96. The molecule has 0 radical (unpaired) electrons. The molecule has 1 heterocycles. The zero-order valence-corrected chi connectivity index (χ0v) is 13.0. The van der Waals surface area contributed by atoms with E-state index in [2.05, 4.69) is 17.1 Å². The maximum absolute atomic E-state index is 6.25. The first kappa shape index (κ1) is 15.1. The maximum Gasteiger partial charge on any atom is 0.0452 e. The molecule has 2 rings (SSSR count). The Kier molecular flexibility index (Phi) is 5.96. The molecule has 1 aromatic carbocycles. The molecule has 1 aliphatic heterocycles. The molecule has 0 bridgehead atoms. The first-order valence-corrected chi connectivity index (χ1v) is 7.84. The molecule has 106 valence electrons. The lowest BCUT2D eigenvalue weighted by molar-refractivity contribution is 0.255. The lowest BCUT2D eigenvalue weighted by Gasteiger charge is -2.24. The molecule has 1 aromatic rings. The smallest absolute Gasteiger partial charge is 0.0452 e. The zero-order chi connectivity index (χ0) is 13.7. The minimum Gasteiger partial charge on any atom is -0.313 e. The van der Waals surface area contributed by atoms with Crippen molar-refractivity contribution in [1.82, 2.24) is 10.2 Å². The molecule has 0 aliphatic carbocycles. The Bertz CT molecular complexity index is 409. The molecule has 4 heteroatoms. The molecule has 0 amide bonds. The number of nitrogens with one attached hydrogen (secondary N) is 1. The van der Waals surface area contributed by atoms with Crippen molar-refractivity contribution in [3.63, 3.8) is 0 Å². The Hall–Kier alpha value is -0.280. The largest absolute Gasteiger partial charge is 0.313 e. The molecule has 1 saturated heterocycles. The third kappa shape index (κ3) is 4.64. The molecule has 19 heavy (non-hydrogen) atoms. The molecule has 1 N–H and O–H groups in total. The summed E-state index contributed by atoms with van der Waals surface area (Å²) in [5.74, 6) is 0. The van der Waals surface area contributed by atoms with E-state index < -0.39 is 0 Å². The first-order valence-electron chi connectivity index (χ1n) is 7.08. The van der Waals surface area contributed by atoms with Gasteiger partial charge in [-0.1, -0.05) is 36.5 Å².